The molecule has 0 aromatic heterocycles. The van der Waals surface area contributed by atoms with Crippen LogP contribution in [0.1, 0.15) is 36.5 Å². The highest BCUT2D eigenvalue weighted by molar-refractivity contribution is 6.33. The molecule has 1 heterocycles. The Kier molecular flexibility index (Phi) is 5.26. The molecule has 0 aliphatic carbocycles. The fourth-order valence-corrected chi connectivity index (χ4v) is 2.72. The molecule has 1 saturated heterocycles. The summed E-state index contributed by atoms with van der Waals surface area (Å²) in [5.41, 5.74) is 1.11. The van der Waals surface area contributed by atoms with Crippen molar-refractivity contribution in [3.8, 4) is 0 Å². The molecule has 0 radical (unpaired) electrons. The van der Waals surface area contributed by atoms with Crippen LogP contribution >= 0.6 is 11.6 Å². The minimum absolute atomic E-state index is 0.145. The number of benzene rings is 1. The number of hydrogen-bond acceptors (Lipinski definition) is 3. The number of piperidine rings is 1. The average Bonchev–Trinajstić information content (AvgIpc) is 2.45. The highest BCUT2D eigenvalue weighted by Crippen LogP contribution is 2.26. The number of ether oxygens (including phenoxy) is 1. The van der Waals surface area contributed by atoms with E-state index >= 15 is 0 Å². The number of carboxylic acid groups (broad SMARTS) is 1. The Hall–Kier alpha value is -1.26. The fourth-order valence-electron chi connectivity index (χ4n) is 2.47. The van der Waals surface area contributed by atoms with Crippen molar-refractivity contribution < 1.29 is 14.6 Å². The third-order valence-electron chi connectivity index (χ3n) is 3.48. The maximum atomic E-state index is 11.0. The van der Waals surface area contributed by atoms with E-state index in [4.69, 9.17) is 21.4 Å². The molecule has 1 N–H and O–H groups in total. The lowest BCUT2D eigenvalue weighted by Crippen LogP contribution is -2.39. The maximum Gasteiger partial charge on any atom is 0.337 e. The second-order valence-electron chi connectivity index (χ2n) is 5.05. The Balaban J connectivity index is 2.07. The largest absolute Gasteiger partial charge is 0.478 e. The smallest absolute Gasteiger partial charge is 0.337 e. The molecule has 5 heteroatoms. The van der Waals surface area contributed by atoms with Crippen molar-refractivity contribution in [2.75, 3.05) is 24.6 Å². The SMILES string of the molecule is CCCOC1CCCN(c2ccc(C(=O)O)c(Cl)c2)C1. The molecule has 1 aliphatic heterocycles. The summed E-state index contributed by atoms with van der Waals surface area (Å²) in [6.45, 7) is 4.68. The minimum Gasteiger partial charge on any atom is -0.478 e. The fraction of sp³-hybridized carbons (Fsp3) is 0.533. The number of anilines is 1. The van der Waals surface area contributed by atoms with E-state index in [0.717, 1.165) is 44.6 Å². The summed E-state index contributed by atoms with van der Waals surface area (Å²) in [4.78, 5) is 13.2. The molecule has 1 aromatic rings. The van der Waals surface area contributed by atoms with Crippen LogP contribution in [0, 0.1) is 0 Å². The molecule has 20 heavy (non-hydrogen) atoms. The van der Waals surface area contributed by atoms with E-state index in [1.807, 2.05) is 6.07 Å². The molecule has 2 rings (SSSR count). The Bertz CT molecular complexity index is 478. The van der Waals surface area contributed by atoms with Crippen LogP contribution in [0.3, 0.4) is 0 Å². The molecule has 0 spiro atoms. The van der Waals surface area contributed by atoms with Crippen LogP contribution in [0.5, 0.6) is 0 Å². The van der Waals surface area contributed by atoms with Crippen LogP contribution in [0.2, 0.25) is 5.02 Å². The molecule has 1 aromatic carbocycles. The van der Waals surface area contributed by atoms with Gasteiger partial charge in [0.1, 0.15) is 0 Å². The number of nitrogens with zero attached hydrogens (tertiary/aromatic N) is 1. The van der Waals surface area contributed by atoms with Crippen LogP contribution in [0.4, 0.5) is 5.69 Å². The van der Waals surface area contributed by atoms with Gasteiger partial charge in [0.25, 0.3) is 0 Å². The lowest BCUT2D eigenvalue weighted by Gasteiger charge is -2.34. The molecule has 110 valence electrons. The maximum absolute atomic E-state index is 11.0. The van der Waals surface area contributed by atoms with E-state index < -0.39 is 5.97 Å². The van der Waals surface area contributed by atoms with Crippen molar-refractivity contribution in [3.05, 3.63) is 28.8 Å². The van der Waals surface area contributed by atoms with Crippen molar-refractivity contribution in [3.63, 3.8) is 0 Å². The van der Waals surface area contributed by atoms with Gasteiger partial charge in [-0.3, -0.25) is 0 Å². The van der Waals surface area contributed by atoms with E-state index in [9.17, 15) is 4.79 Å². The molecule has 0 saturated carbocycles. The van der Waals surface area contributed by atoms with Gasteiger partial charge in [-0.2, -0.15) is 0 Å². The zero-order valence-electron chi connectivity index (χ0n) is 11.6. The van der Waals surface area contributed by atoms with Gasteiger partial charge >= 0.3 is 5.97 Å². The van der Waals surface area contributed by atoms with Crippen molar-refractivity contribution in [1.29, 1.82) is 0 Å². The highest BCUT2D eigenvalue weighted by atomic mass is 35.5. The van der Waals surface area contributed by atoms with Gasteiger partial charge in [0.15, 0.2) is 0 Å². The van der Waals surface area contributed by atoms with Gasteiger partial charge in [-0.1, -0.05) is 18.5 Å². The molecule has 4 nitrogen and oxygen atoms in total. The summed E-state index contributed by atoms with van der Waals surface area (Å²) in [5.74, 6) is -0.996. The molecule has 1 fully saturated rings. The zero-order chi connectivity index (χ0) is 14.5. The number of halogens is 1. The van der Waals surface area contributed by atoms with Gasteiger partial charge in [0.05, 0.1) is 16.7 Å². The van der Waals surface area contributed by atoms with Crippen LogP contribution in [-0.2, 0) is 4.74 Å². The minimum atomic E-state index is -0.996. The van der Waals surface area contributed by atoms with Gasteiger partial charge in [-0.05, 0) is 37.5 Å². The van der Waals surface area contributed by atoms with E-state index in [0.29, 0.717) is 0 Å². The predicted octanol–water partition coefficient (Wildman–Crippen LogP) is 3.43. The van der Waals surface area contributed by atoms with Crippen LogP contribution in [0.15, 0.2) is 18.2 Å². The van der Waals surface area contributed by atoms with Crippen LogP contribution in [0.25, 0.3) is 0 Å². The average molecular weight is 298 g/mol. The monoisotopic (exact) mass is 297 g/mol. The molecular weight excluding hydrogens is 278 g/mol. The number of aromatic carboxylic acids is 1. The highest BCUT2D eigenvalue weighted by Gasteiger charge is 2.21. The van der Waals surface area contributed by atoms with Gasteiger partial charge in [0, 0.05) is 25.4 Å². The molecule has 1 aliphatic rings. The third-order valence-corrected chi connectivity index (χ3v) is 3.80. The topological polar surface area (TPSA) is 49.8 Å². The predicted molar refractivity (Wildman–Crippen MR) is 79.9 cm³/mol. The zero-order valence-corrected chi connectivity index (χ0v) is 12.4. The Morgan fingerprint density at radius 2 is 2.35 bits per heavy atom. The molecule has 1 unspecified atom stereocenters. The molecule has 0 bridgehead atoms. The van der Waals surface area contributed by atoms with E-state index in [-0.39, 0.29) is 16.7 Å². The third kappa shape index (κ3) is 3.64. The van der Waals surface area contributed by atoms with Gasteiger partial charge in [-0.15, -0.1) is 0 Å². The van der Waals surface area contributed by atoms with E-state index in [2.05, 4.69) is 11.8 Å². The second-order valence-corrected chi connectivity index (χ2v) is 5.46. The Morgan fingerprint density at radius 3 is 3.00 bits per heavy atom. The van der Waals surface area contributed by atoms with E-state index in [1.54, 1.807) is 12.1 Å². The molecule has 0 amide bonds. The Labute approximate surface area is 124 Å². The number of carbonyl (C=O) groups is 1. The first-order valence-corrected chi connectivity index (χ1v) is 7.39. The van der Waals surface area contributed by atoms with Gasteiger partial charge < -0.3 is 14.7 Å². The normalized spacial score (nSPS) is 19.1. The standard InChI is InChI=1S/C15H20ClNO3/c1-2-8-20-12-4-3-7-17(10-12)11-5-6-13(15(18)19)14(16)9-11/h5-6,9,12H,2-4,7-8,10H2,1H3,(H,18,19). The first-order valence-electron chi connectivity index (χ1n) is 7.01. The Morgan fingerprint density at radius 1 is 1.55 bits per heavy atom. The van der Waals surface area contributed by atoms with Crippen molar-refractivity contribution in [2.45, 2.75) is 32.3 Å². The summed E-state index contributed by atoms with van der Waals surface area (Å²) >= 11 is 6.02. The van der Waals surface area contributed by atoms with Crippen molar-refractivity contribution >= 4 is 23.3 Å². The van der Waals surface area contributed by atoms with Crippen molar-refractivity contribution in [1.82, 2.24) is 0 Å². The summed E-state index contributed by atoms with van der Waals surface area (Å²) in [5, 5.41) is 9.27. The van der Waals surface area contributed by atoms with Gasteiger partial charge in [-0.25, -0.2) is 4.79 Å². The molecular formula is C15H20ClNO3. The first kappa shape index (κ1) is 15.1. The number of carboxylic acids is 1. The number of rotatable bonds is 5. The van der Waals surface area contributed by atoms with Crippen molar-refractivity contribution in [2.24, 2.45) is 0 Å². The number of hydrogen-bond donors (Lipinski definition) is 1. The lowest BCUT2D eigenvalue weighted by atomic mass is 10.1. The summed E-state index contributed by atoms with van der Waals surface area (Å²) in [6, 6.07) is 5.11. The molecule has 1 atom stereocenters. The van der Waals surface area contributed by atoms with E-state index in [1.165, 1.54) is 0 Å². The van der Waals surface area contributed by atoms with Crippen LogP contribution in [-0.4, -0.2) is 36.9 Å². The van der Waals surface area contributed by atoms with Gasteiger partial charge in [0.2, 0.25) is 0 Å². The summed E-state index contributed by atoms with van der Waals surface area (Å²) in [6.07, 6.45) is 3.43. The first-order chi connectivity index (χ1) is 9.61. The summed E-state index contributed by atoms with van der Waals surface area (Å²) < 4.78 is 5.81. The van der Waals surface area contributed by atoms with Crippen LogP contribution < -0.4 is 4.90 Å². The second kappa shape index (κ2) is 6.95. The lowest BCUT2D eigenvalue weighted by molar-refractivity contribution is 0.0440. The quantitative estimate of drug-likeness (QED) is 0.904. The summed E-state index contributed by atoms with van der Waals surface area (Å²) in [7, 11) is 0.